The van der Waals surface area contributed by atoms with E-state index in [0.717, 1.165) is 37.8 Å². The third-order valence-electron chi connectivity index (χ3n) is 5.10. The van der Waals surface area contributed by atoms with E-state index >= 15 is 0 Å². The number of aromatic nitrogens is 1. The molecule has 0 radical (unpaired) electrons. The highest BCUT2D eigenvalue weighted by Crippen LogP contribution is 2.19. The van der Waals surface area contributed by atoms with E-state index in [0.29, 0.717) is 45.3 Å². The van der Waals surface area contributed by atoms with Gasteiger partial charge < -0.3 is 19.9 Å². The molecule has 3 rings (SSSR count). The maximum atomic E-state index is 12.4. The van der Waals surface area contributed by atoms with Crippen LogP contribution < -0.4 is 5.32 Å². The van der Waals surface area contributed by atoms with Crippen LogP contribution in [0.3, 0.4) is 0 Å². The number of hydrogen-bond acceptors (Lipinski definition) is 6. The van der Waals surface area contributed by atoms with Gasteiger partial charge in [-0.15, -0.1) is 11.3 Å². The number of guanidine groups is 1. The van der Waals surface area contributed by atoms with Crippen molar-refractivity contribution in [1.29, 1.82) is 0 Å². The fourth-order valence-electron chi connectivity index (χ4n) is 3.39. The van der Waals surface area contributed by atoms with Crippen LogP contribution >= 0.6 is 11.3 Å². The Bertz CT molecular complexity index is 663. The number of nitrogens with one attached hydrogen (secondary N) is 1. The molecule has 3 heterocycles. The minimum atomic E-state index is 0.212. The number of aliphatic imine (C=N–C) groups is 1. The number of ether oxygens (including phenoxy) is 1. The van der Waals surface area contributed by atoms with Gasteiger partial charge in [0.15, 0.2) is 5.96 Å². The summed E-state index contributed by atoms with van der Waals surface area (Å²) >= 11 is 1.72. The van der Waals surface area contributed by atoms with Gasteiger partial charge in [0.2, 0.25) is 5.91 Å². The smallest absolute Gasteiger partial charge is 0.236 e. The molecule has 0 unspecified atom stereocenters. The molecule has 0 aromatic carbocycles. The molecule has 9 heteroatoms. The molecular formula is C19H32N6O2S. The Morgan fingerprint density at radius 3 is 2.54 bits per heavy atom. The zero-order valence-corrected chi connectivity index (χ0v) is 18.0. The summed E-state index contributed by atoms with van der Waals surface area (Å²) in [4.78, 5) is 27.9. The number of rotatable bonds is 5. The Morgan fingerprint density at radius 1 is 1.21 bits per heavy atom. The molecule has 2 fully saturated rings. The maximum Gasteiger partial charge on any atom is 0.236 e. The molecule has 1 amide bonds. The second-order valence-corrected chi connectivity index (χ2v) is 8.38. The van der Waals surface area contributed by atoms with Gasteiger partial charge in [-0.1, -0.05) is 13.8 Å². The van der Waals surface area contributed by atoms with E-state index in [1.54, 1.807) is 11.3 Å². The molecule has 1 aromatic heterocycles. The van der Waals surface area contributed by atoms with Gasteiger partial charge in [-0.25, -0.2) is 4.98 Å². The topological polar surface area (TPSA) is 73.3 Å². The second kappa shape index (κ2) is 10.2. The van der Waals surface area contributed by atoms with Crippen molar-refractivity contribution in [2.24, 2.45) is 4.99 Å². The predicted molar refractivity (Wildman–Crippen MR) is 112 cm³/mol. The molecule has 8 nitrogen and oxygen atoms in total. The Morgan fingerprint density at radius 2 is 1.93 bits per heavy atom. The summed E-state index contributed by atoms with van der Waals surface area (Å²) in [6.07, 6.45) is 0. The molecule has 1 N–H and O–H groups in total. The average molecular weight is 409 g/mol. The molecule has 2 saturated heterocycles. The van der Waals surface area contributed by atoms with Gasteiger partial charge in [0, 0.05) is 57.6 Å². The molecule has 156 valence electrons. The van der Waals surface area contributed by atoms with Crippen molar-refractivity contribution < 1.29 is 9.53 Å². The lowest BCUT2D eigenvalue weighted by molar-refractivity contribution is -0.136. The minimum absolute atomic E-state index is 0.212. The molecule has 1 aromatic rings. The monoisotopic (exact) mass is 408 g/mol. The van der Waals surface area contributed by atoms with E-state index in [2.05, 4.69) is 44.3 Å². The number of thiazole rings is 1. The summed E-state index contributed by atoms with van der Waals surface area (Å²) in [5.74, 6) is 1.58. The van der Waals surface area contributed by atoms with Crippen molar-refractivity contribution in [2.45, 2.75) is 26.3 Å². The van der Waals surface area contributed by atoms with Crippen LogP contribution in [0.1, 0.15) is 30.5 Å². The number of morpholine rings is 1. The summed E-state index contributed by atoms with van der Waals surface area (Å²) in [6, 6.07) is 0. The molecule has 0 bridgehead atoms. The first kappa shape index (κ1) is 21.0. The summed E-state index contributed by atoms with van der Waals surface area (Å²) in [5, 5.41) is 6.71. The molecule has 0 saturated carbocycles. The SMILES string of the molecule is CN=C(NCc1csc(C(C)C)n1)N1CCN(CC(=O)N2CCOCC2)CC1. The van der Waals surface area contributed by atoms with Crippen LogP contribution in [0, 0.1) is 0 Å². The van der Waals surface area contributed by atoms with Crippen LogP contribution in [0.4, 0.5) is 0 Å². The summed E-state index contributed by atoms with van der Waals surface area (Å²) < 4.78 is 5.32. The largest absolute Gasteiger partial charge is 0.378 e. The molecule has 0 aliphatic carbocycles. The number of carbonyl (C=O) groups excluding carboxylic acids is 1. The fraction of sp³-hybridized carbons (Fsp3) is 0.737. The second-order valence-electron chi connectivity index (χ2n) is 7.49. The molecule has 2 aliphatic heterocycles. The van der Waals surface area contributed by atoms with Crippen LogP contribution in [0.15, 0.2) is 10.4 Å². The number of piperazine rings is 1. The highest BCUT2D eigenvalue weighted by Gasteiger charge is 2.24. The molecule has 28 heavy (non-hydrogen) atoms. The van der Waals surface area contributed by atoms with Crippen molar-refractivity contribution in [3.05, 3.63) is 16.1 Å². The van der Waals surface area contributed by atoms with Crippen molar-refractivity contribution in [3.8, 4) is 0 Å². The van der Waals surface area contributed by atoms with E-state index < -0.39 is 0 Å². The van der Waals surface area contributed by atoms with Crippen molar-refractivity contribution in [1.82, 2.24) is 25.0 Å². The Kier molecular flexibility index (Phi) is 7.64. The van der Waals surface area contributed by atoms with Crippen LogP contribution in [0.25, 0.3) is 0 Å². The van der Waals surface area contributed by atoms with Gasteiger partial charge in [-0.05, 0) is 0 Å². The summed E-state index contributed by atoms with van der Waals surface area (Å²) in [6.45, 7) is 11.7. The highest BCUT2D eigenvalue weighted by molar-refractivity contribution is 7.09. The van der Waals surface area contributed by atoms with Gasteiger partial charge in [0.25, 0.3) is 0 Å². The Labute approximate surface area is 171 Å². The van der Waals surface area contributed by atoms with Gasteiger partial charge in [-0.2, -0.15) is 0 Å². The van der Waals surface area contributed by atoms with E-state index in [-0.39, 0.29) is 5.91 Å². The first-order chi connectivity index (χ1) is 13.6. The predicted octanol–water partition coefficient (Wildman–Crippen LogP) is 0.818. The lowest BCUT2D eigenvalue weighted by atomic mass is 10.2. The van der Waals surface area contributed by atoms with Gasteiger partial charge in [0.1, 0.15) is 0 Å². The Balaban J connectivity index is 1.42. The molecule has 0 spiro atoms. The standard InChI is InChI=1S/C19H32N6O2S/c1-15(2)18-22-16(14-28-18)12-21-19(20-3)25-6-4-23(5-7-25)13-17(26)24-8-10-27-11-9-24/h14-15H,4-13H2,1-3H3,(H,20,21). The first-order valence-electron chi connectivity index (χ1n) is 10.0. The molecular weight excluding hydrogens is 376 g/mol. The number of nitrogens with zero attached hydrogens (tertiary/aromatic N) is 5. The zero-order chi connectivity index (χ0) is 19.9. The van der Waals surface area contributed by atoms with E-state index in [1.807, 2.05) is 11.9 Å². The number of amides is 1. The lowest BCUT2D eigenvalue weighted by Gasteiger charge is -2.37. The van der Waals surface area contributed by atoms with Gasteiger partial charge >= 0.3 is 0 Å². The third kappa shape index (κ3) is 5.65. The lowest BCUT2D eigenvalue weighted by Crippen LogP contribution is -2.54. The number of hydrogen-bond donors (Lipinski definition) is 1. The average Bonchev–Trinajstić information content (AvgIpc) is 3.20. The van der Waals surface area contributed by atoms with Crippen LogP contribution in [0.2, 0.25) is 0 Å². The van der Waals surface area contributed by atoms with Crippen LogP contribution in [-0.2, 0) is 16.1 Å². The van der Waals surface area contributed by atoms with Crippen LogP contribution in [-0.4, -0.2) is 97.6 Å². The van der Waals surface area contributed by atoms with E-state index in [1.165, 1.54) is 5.01 Å². The van der Waals surface area contributed by atoms with Crippen molar-refractivity contribution >= 4 is 23.2 Å². The summed E-state index contributed by atoms with van der Waals surface area (Å²) in [7, 11) is 1.82. The fourth-order valence-corrected chi connectivity index (χ4v) is 4.23. The van der Waals surface area contributed by atoms with Crippen molar-refractivity contribution in [2.75, 3.05) is 66.1 Å². The number of carbonyl (C=O) groups is 1. The van der Waals surface area contributed by atoms with Gasteiger partial charge in [0.05, 0.1) is 37.0 Å². The first-order valence-corrected chi connectivity index (χ1v) is 10.9. The maximum absolute atomic E-state index is 12.4. The van der Waals surface area contributed by atoms with E-state index in [4.69, 9.17) is 4.74 Å². The van der Waals surface area contributed by atoms with Gasteiger partial charge in [-0.3, -0.25) is 14.7 Å². The van der Waals surface area contributed by atoms with E-state index in [9.17, 15) is 4.79 Å². The minimum Gasteiger partial charge on any atom is -0.378 e. The quantitative estimate of drug-likeness (QED) is 0.574. The molecule has 0 atom stereocenters. The van der Waals surface area contributed by atoms with Crippen molar-refractivity contribution in [3.63, 3.8) is 0 Å². The van der Waals surface area contributed by atoms with Crippen LogP contribution in [0.5, 0.6) is 0 Å². The Hall–Kier alpha value is -1.71. The highest BCUT2D eigenvalue weighted by atomic mass is 32.1. The third-order valence-corrected chi connectivity index (χ3v) is 6.29. The molecule has 2 aliphatic rings. The summed E-state index contributed by atoms with van der Waals surface area (Å²) in [5.41, 5.74) is 1.06. The zero-order valence-electron chi connectivity index (χ0n) is 17.2. The normalized spacial score (nSPS) is 19.4.